The number of hydrogen-bond donors (Lipinski definition) is 0. The molecule has 3 rings (SSSR count). The van der Waals surface area contributed by atoms with E-state index in [1.54, 1.807) is 0 Å². The molecule has 1 aromatic heterocycles. The average molecular weight is 403 g/mol. The van der Waals surface area contributed by atoms with Crippen molar-refractivity contribution in [3.8, 4) is 0 Å². The third kappa shape index (κ3) is 2.71. The molecule has 0 saturated heterocycles. The van der Waals surface area contributed by atoms with Crippen LogP contribution in [0, 0.1) is 8.99 Å². The van der Waals surface area contributed by atoms with Gasteiger partial charge in [-0.3, -0.25) is 0 Å². The predicted molar refractivity (Wildman–Crippen MR) is 93.3 cm³/mol. The van der Waals surface area contributed by atoms with E-state index in [0.29, 0.717) is 17.3 Å². The van der Waals surface area contributed by atoms with Crippen molar-refractivity contribution in [2.45, 2.75) is 51.5 Å². The Kier molecular flexibility index (Phi) is 4.01. The van der Waals surface area contributed by atoms with Gasteiger partial charge in [-0.1, -0.05) is 13.8 Å². The molecule has 1 saturated carbocycles. The first-order valence-corrected chi connectivity index (χ1v) is 8.84. The van der Waals surface area contributed by atoms with E-state index in [0.717, 1.165) is 11.3 Å². The Hall–Kier alpha value is -0.290. The van der Waals surface area contributed by atoms with Gasteiger partial charge in [-0.2, -0.15) is 0 Å². The molecule has 0 N–H and O–H groups in total. The van der Waals surface area contributed by atoms with Gasteiger partial charge in [-0.25, -0.2) is 4.98 Å². The number of halogens is 2. The lowest BCUT2D eigenvalue weighted by molar-refractivity contribution is 0.194. The topological polar surface area (TPSA) is 17.8 Å². The molecule has 0 amide bonds. The number of nitrogens with zero attached hydrogens (tertiary/aromatic N) is 2. The predicted octanol–water partition coefficient (Wildman–Crippen LogP) is 5.52. The van der Waals surface area contributed by atoms with Crippen LogP contribution in [0.5, 0.6) is 0 Å². The minimum atomic E-state index is 0.489. The Morgan fingerprint density at radius 2 is 2.05 bits per heavy atom. The molecular formula is C16H20ClIN2. The SMILES string of the molecule is CC1(C)CCC(n2c(CCl)nc3cc(I)ccc32)CC1. The quantitative estimate of drug-likeness (QED) is 0.477. The van der Waals surface area contributed by atoms with Crippen LogP contribution in [0.15, 0.2) is 18.2 Å². The molecule has 0 bridgehead atoms. The highest BCUT2D eigenvalue weighted by atomic mass is 127. The van der Waals surface area contributed by atoms with Gasteiger partial charge in [0.25, 0.3) is 0 Å². The first-order chi connectivity index (χ1) is 9.50. The number of benzene rings is 1. The Morgan fingerprint density at radius 1 is 1.35 bits per heavy atom. The summed E-state index contributed by atoms with van der Waals surface area (Å²) < 4.78 is 3.62. The molecule has 0 radical (unpaired) electrons. The first kappa shape index (κ1) is 14.6. The zero-order valence-electron chi connectivity index (χ0n) is 12.0. The number of imidazole rings is 1. The van der Waals surface area contributed by atoms with Crippen LogP contribution in [0.3, 0.4) is 0 Å². The molecule has 0 aliphatic heterocycles. The zero-order valence-corrected chi connectivity index (χ0v) is 14.9. The highest BCUT2D eigenvalue weighted by Crippen LogP contribution is 2.41. The second-order valence-electron chi connectivity index (χ2n) is 6.56. The van der Waals surface area contributed by atoms with E-state index in [9.17, 15) is 0 Å². The van der Waals surface area contributed by atoms with E-state index in [1.807, 2.05) is 0 Å². The van der Waals surface area contributed by atoms with Gasteiger partial charge in [-0.05, 0) is 71.9 Å². The van der Waals surface area contributed by atoms with Crippen LogP contribution in [0.1, 0.15) is 51.4 Å². The van der Waals surface area contributed by atoms with E-state index in [1.165, 1.54) is 34.8 Å². The van der Waals surface area contributed by atoms with E-state index < -0.39 is 0 Å². The van der Waals surface area contributed by atoms with Gasteiger partial charge in [-0.15, -0.1) is 11.6 Å². The molecule has 1 aliphatic carbocycles. The van der Waals surface area contributed by atoms with Crippen LogP contribution in [-0.4, -0.2) is 9.55 Å². The fourth-order valence-corrected chi connectivity index (χ4v) is 3.93. The molecule has 0 unspecified atom stereocenters. The summed E-state index contributed by atoms with van der Waals surface area (Å²) in [6.45, 7) is 4.75. The number of alkyl halides is 1. The smallest absolute Gasteiger partial charge is 0.125 e. The van der Waals surface area contributed by atoms with Crippen LogP contribution in [-0.2, 0) is 5.88 Å². The van der Waals surface area contributed by atoms with Gasteiger partial charge in [0, 0.05) is 9.61 Å². The van der Waals surface area contributed by atoms with E-state index in [-0.39, 0.29) is 0 Å². The molecule has 4 heteroatoms. The monoisotopic (exact) mass is 402 g/mol. The second-order valence-corrected chi connectivity index (χ2v) is 8.07. The largest absolute Gasteiger partial charge is 0.324 e. The third-order valence-corrected chi connectivity index (χ3v) is 5.43. The van der Waals surface area contributed by atoms with Crippen LogP contribution < -0.4 is 0 Å². The average Bonchev–Trinajstić information content (AvgIpc) is 2.76. The Morgan fingerprint density at radius 3 is 2.70 bits per heavy atom. The van der Waals surface area contributed by atoms with E-state index >= 15 is 0 Å². The lowest BCUT2D eigenvalue weighted by atomic mass is 9.75. The lowest BCUT2D eigenvalue weighted by Gasteiger charge is -2.35. The fourth-order valence-electron chi connectivity index (χ4n) is 3.27. The summed E-state index contributed by atoms with van der Waals surface area (Å²) in [5, 5.41) is 0. The second kappa shape index (κ2) is 5.48. The number of rotatable bonds is 2. The van der Waals surface area contributed by atoms with Crippen LogP contribution >= 0.6 is 34.2 Å². The first-order valence-electron chi connectivity index (χ1n) is 7.22. The molecule has 1 aliphatic rings. The summed E-state index contributed by atoms with van der Waals surface area (Å²) in [4.78, 5) is 4.73. The fraction of sp³-hybridized carbons (Fsp3) is 0.562. The summed E-state index contributed by atoms with van der Waals surface area (Å²) in [5.41, 5.74) is 2.81. The van der Waals surface area contributed by atoms with Crippen molar-refractivity contribution >= 4 is 45.2 Å². The van der Waals surface area contributed by atoms with Crippen LogP contribution in [0.2, 0.25) is 0 Å². The van der Waals surface area contributed by atoms with Crippen molar-refractivity contribution in [1.82, 2.24) is 9.55 Å². The molecule has 0 atom stereocenters. The van der Waals surface area contributed by atoms with Crippen molar-refractivity contribution in [2.24, 2.45) is 5.41 Å². The highest BCUT2D eigenvalue weighted by molar-refractivity contribution is 14.1. The molecule has 2 aromatic rings. The van der Waals surface area contributed by atoms with E-state index in [4.69, 9.17) is 16.6 Å². The number of fused-ring (bicyclic) bond motifs is 1. The summed E-state index contributed by atoms with van der Waals surface area (Å²) >= 11 is 8.47. The van der Waals surface area contributed by atoms with Crippen molar-refractivity contribution in [3.05, 3.63) is 27.6 Å². The van der Waals surface area contributed by atoms with E-state index in [2.05, 4.69) is 59.2 Å². The molecule has 1 fully saturated rings. The van der Waals surface area contributed by atoms with Crippen LogP contribution in [0.4, 0.5) is 0 Å². The zero-order chi connectivity index (χ0) is 14.3. The molecule has 0 spiro atoms. The molecule has 2 nitrogen and oxygen atoms in total. The maximum absolute atomic E-state index is 6.13. The Balaban J connectivity index is 2.02. The summed E-state index contributed by atoms with van der Waals surface area (Å²) in [5.74, 6) is 1.51. The van der Waals surface area contributed by atoms with Crippen molar-refractivity contribution in [2.75, 3.05) is 0 Å². The summed E-state index contributed by atoms with van der Waals surface area (Å²) in [6, 6.07) is 7.06. The van der Waals surface area contributed by atoms with Gasteiger partial charge in [0.2, 0.25) is 0 Å². The Labute approximate surface area is 139 Å². The highest BCUT2D eigenvalue weighted by Gasteiger charge is 2.29. The van der Waals surface area contributed by atoms with Crippen molar-refractivity contribution in [3.63, 3.8) is 0 Å². The minimum absolute atomic E-state index is 0.489. The van der Waals surface area contributed by atoms with Crippen LogP contribution in [0.25, 0.3) is 11.0 Å². The minimum Gasteiger partial charge on any atom is -0.324 e. The van der Waals surface area contributed by atoms with Gasteiger partial charge in [0.15, 0.2) is 0 Å². The standard InChI is InChI=1S/C16H20ClIN2/c1-16(2)7-5-12(6-8-16)20-14-4-3-11(18)9-13(14)19-15(20)10-17/h3-4,9,12H,5-8,10H2,1-2H3. The molecule has 1 heterocycles. The van der Waals surface area contributed by atoms with Crippen molar-refractivity contribution < 1.29 is 0 Å². The van der Waals surface area contributed by atoms with Gasteiger partial charge in [0.05, 0.1) is 16.9 Å². The lowest BCUT2D eigenvalue weighted by Crippen LogP contribution is -2.24. The maximum Gasteiger partial charge on any atom is 0.125 e. The summed E-state index contributed by atoms with van der Waals surface area (Å²) in [6.07, 6.45) is 5.02. The van der Waals surface area contributed by atoms with Gasteiger partial charge in [0.1, 0.15) is 5.82 Å². The number of hydrogen-bond acceptors (Lipinski definition) is 1. The number of aromatic nitrogens is 2. The summed E-state index contributed by atoms with van der Waals surface area (Å²) in [7, 11) is 0. The van der Waals surface area contributed by atoms with Gasteiger partial charge < -0.3 is 4.57 Å². The van der Waals surface area contributed by atoms with Gasteiger partial charge >= 0.3 is 0 Å². The molecule has 1 aromatic carbocycles. The molecule has 108 valence electrons. The Bertz CT molecular complexity index is 623. The molecular weight excluding hydrogens is 383 g/mol. The molecule has 20 heavy (non-hydrogen) atoms. The maximum atomic E-state index is 6.13. The van der Waals surface area contributed by atoms with Crippen molar-refractivity contribution in [1.29, 1.82) is 0 Å². The third-order valence-electron chi connectivity index (χ3n) is 4.52. The normalized spacial score (nSPS) is 19.6.